The molecule has 0 unspecified atom stereocenters. The number of nitrogens with two attached hydrogens (primary N) is 1. The summed E-state index contributed by atoms with van der Waals surface area (Å²) in [4.78, 5) is 4.02. The van der Waals surface area contributed by atoms with Gasteiger partial charge in [0.1, 0.15) is 0 Å². The first kappa shape index (κ1) is 12.0. The number of benzene rings is 1. The highest BCUT2D eigenvalue weighted by Crippen LogP contribution is 2.37. The van der Waals surface area contributed by atoms with Crippen molar-refractivity contribution in [2.75, 3.05) is 5.73 Å². The normalized spacial score (nSPS) is 12.2. The van der Waals surface area contributed by atoms with Crippen LogP contribution < -0.4 is 5.73 Å². The number of anilines is 1. The van der Waals surface area contributed by atoms with Crippen molar-refractivity contribution in [1.82, 2.24) is 14.8 Å². The first-order chi connectivity index (χ1) is 8.98. The van der Waals surface area contributed by atoms with E-state index in [-0.39, 0.29) is 11.2 Å². The third-order valence-corrected chi connectivity index (χ3v) is 3.39. The van der Waals surface area contributed by atoms with Gasteiger partial charge in [-0.2, -0.15) is 13.2 Å². The van der Waals surface area contributed by atoms with Gasteiger partial charge >= 0.3 is 6.18 Å². The van der Waals surface area contributed by atoms with Crippen LogP contribution in [0, 0.1) is 0 Å². The van der Waals surface area contributed by atoms with Gasteiger partial charge in [0, 0.05) is 11.6 Å². The third kappa shape index (κ3) is 1.84. The van der Waals surface area contributed by atoms with Gasteiger partial charge < -0.3 is 5.73 Å². The van der Waals surface area contributed by atoms with Crippen molar-refractivity contribution in [3.05, 3.63) is 35.3 Å². The first-order valence-corrected chi connectivity index (χ1v) is 6.11. The Kier molecular flexibility index (Phi) is 2.49. The Morgan fingerprint density at radius 1 is 1.26 bits per heavy atom. The summed E-state index contributed by atoms with van der Waals surface area (Å²) in [5.74, 6) is -0.155. The van der Waals surface area contributed by atoms with Crippen LogP contribution in [0.5, 0.6) is 0 Å². The van der Waals surface area contributed by atoms with Crippen LogP contribution in [0.3, 0.4) is 0 Å². The molecule has 4 nitrogen and oxygen atoms in total. The van der Waals surface area contributed by atoms with Crippen LogP contribution in [-0.4, -0.2) is 14.8 Å². The van der Waals surface area contributed by atoms with Crippen molar-refractivity contribution < 1.29 is 13.2 Å². The second kappa shape index (κ2) is 3.95. The van der Waals surface area contributed by atoms with Gasteiger partial charge in [-0.05, 0) is 12.1 Å². The minimum absolute atomic E-state index is 0.0924. The molecule has 0 aliphatic rings. The zero-order valence-corrected chi connectivity index (χ0v) is 10.2. The molecule has 1 aromatic carbocycles. The maximum Gasteiger partial charge on any atom is 0.417 e. The van der Waals surface area contributed by atoms with E-state index in [4.69, 9.17) is 5.73 Å². The van der Waals surface area contributed by atoms with Crippen LogP contribution in [0.4, 0.5) is 19.0 Å². The number of hydrogen-bond donors (Lipinski definition) is 1. The Morgan fingerprint density at radius 3 is 2.68 bits per heavy atom. The Morgan fingerprint density at radius 2 is 2.05 bits per heavy atom. The van der Waals surface area contributed by atoms with E-state index in [1.165, 1.54) is 28.2 Å². The maximum absolute atomic E-state index is 12.9. The molecule has 3 aromatic rings. The summed E-state index contributed by atoms with van der Waals surface area (Å²) in [5, 5.41) is 6.04. The minimum Gasteiger partial charge on any atom is -0.382 e. The molecule has 0 bridgehead atoms. The molecule has 0 aliphatic heterocycles. The van der Waals surface area contributed by atoms with E-state index in [9.17, 15) is 13.2 Å². The monoisotopic (exact) mass is 284 g/mol. The highest BCUT2D eigenvalue weighted by Gasteiger charge is 2.34. The maximum atomic E-state index is 12.9. The lowest BCUT2D eigenvalue weighted by molar-refractivity contribution is -0.136. The number of thiazole rings is 1. The lowest BCUT2D eigenvalue weighted by Crippen LogP contribution is -2.06. The Labute approximate surface area is 109 Å². The fourth-order valence-electron chi connectivity index (χ4n) is 1.90. The number of rotatable bonds is 1. The number of halogens is 3. The summed E-state index contributed by atoms with van der Waals surface area (Å²) in [6, 6.07) is 3.86. The molecule has 0 atom stereocenters. The van der Waals surface area contributed by atoms with Crippen molar-refractivity contribution in [3.63, 3.8) is 0 Å². The van der Waals surface area contributed by atoms with Gasteiger partial charge in [0.05, 0.1) is 16.5 Å². The molecule has 3 rings (SSSR count). The molecule has 0 fully saturated rings. The SMILES string of the molecule is Nc1nn(-c2nccs2)c2cccc(C(F)(F)F)c12. The van der Waals surface area contributed by atoms with Gasteiger partial charge in [0.25, 0.3) is 0 Å². The second-order valence-corrected chi connectivity index (χ2v) is 4.68. The van der Waals surface area contributed by atoms with E-state index in [0.717, 1.165) is 6.07 Å². The van der Waals surface area contributed by atoms with Crippen LogP contribution in [-0.2, 0) is 6.18 Å². The molecular weight excluding hydrogens is 277 g/mol. The van der Waals surface area contributed by atoms with Crippen molar-refractivity contribution in [2.24, 2.45) is 0 Å². The number of aromatic nitrogens is 3. The van der Waals surface area contributed by atoms with E-state index < -0.39 is 11.7 Å². The quantitative estimate of drug-likeness (QED) is 0.747. The zero-order chi connectivity index (χ0) is 13.6. The molecule has 0 aliphatic carbocycles. The summed E-state index contributed by atoms with van der Waals surface area (Å²) in [6.07, 6.45) is -2.91. The van der Waals surface area contributed by atoms with Crippen LogP contribution in [0.2, 0.25) is 0 Å². The average Bonchev–Trinajstić information content (AvgIpc) is 2.96. The lowest BCUT2D eigenvalue weighted by Gasteiger charge is -2.07. The Balaban J connectivity index is 2.36. The van der Waals surface area contributed by atoms with Gasteiger partial charge in [-0.3, -0.25) is 0 Å². The summed E-state index contributed by atoms with van der Waals surface area (Å²) < 4.78 is 40.2. The molecule has 19 heavy (non-hydrogen) atoms. The summed E-state index contributed by atoms with van der Waals surface area (Å²) in [5.41, 5.74) is 5.13. The molecule has 2 N–H and O–H groups in total. The smallest absolute Gasteiger partial charge is 0.382 e. The van der Waals surface area contributed by atoms with Gasteiger partial charge in [-0.1, -0.05) is 6.07 Å². The highest BCUT2D eigenvalue weighted by molar-refractivity contribution is 7.12. The van der Waals surface area contributed by atoms with Crippen molar-refractivity contribution >= 4 is 28.1 Å². The minimum atomic E-state index is -4.47. The van der Waals surface area contributed by atoms with Crippen LogP contribution in [0.1, 0.15) is 5.56 Å². The number of fused-ring (bicyclic) bond motifs is 1. The van der Waals surface area contributed by atoms with Crippen molar-refractivity contribution in [1.29, 1.82) is 0 Å². The first-order valence-electron chi connectivity index (χ1n) is 5.23. The molecule has 2 aromatic heterocycles. The molecular formula is C11H7F3N4S. The largest absolute Gasteiger partial charge is 0.417 e. The number of alkyl halides is 3. The molecule has 2 heterocycles. The Bertz CT molecular complexity index is 730. The lowest BCUT2D eigenvalue weighted by atomic mass is 10.1. The fraction of sp³-hybridized carbons (Fsp3) is 0.0909. The zero-order valence-electron chi connectivity index (χ0n) is 9.35. The second-order valence-electron chi connectivity index (χ2n) is 3.81. The summed E-state index contributed by atoms with van der Waals surface area (Å²) in [7, 11) is 0. The molecule has 0 radical (unpaired) electrons. The van der Waals surface area contributed by atoms with Crippen molar-refractivity contribution in [2.45, 2.75) is 6.18 Å². The molecule has 98 valence electrons. The van der Waals surface area contributed by atoms with E-state index in [2.05, 4.69) is 10.1 Å². The van der Waals surface area contributed by atoms with Crippen LogP contribution in [0.15, 0.2) is 29.8 Å². The fourth-order valence-corrected chi connectivity index (χ4v) is 2.50. The van der Waals surface area contributed by atoms with Crippen LogP contribution in [0.25, 0.3) is 16.0 Å². The standard InChI is InChI=1S/C11H7F3N4S/c12-11(13,14)6-2-1-3-7-8(6)9(15)17-18(7)10-16-4-5-19-10/h1-5H,(H2,15,17). The Hall–Kier alpha value is -2.09. The number of hydrogen-bond acceptors (Lipinski definition) is 4. The third-order valence-electron chi connectivity index (χ3n) is 2.64. The summed E-state index contributed by atoms with van der Waals surface area (Å²) >= 11 is 1.27. The highest BCUT2D eigenvalue weighted by atomic mass is 32.1. The van der Waals surface area contributed by atoms with Crippen LogP contribution >= 0.6 is 11.3 Å². The van der Waals surface area contributed by atoms with Crippen molar-refractivity contribution in [3.8, 4) is 5.13 Å². The predicted octanol–water partition coefficient (Wildman–Crippen LogP) is 3.08. The topological polar surface area (TPSA) is 56.7 Å². The van der Waals surface area contributed by atoms with E-state index in [0.29, 0.717) is 10.6 Å². The number of nitrogen functional groups attached to an aromatic ring is 1. The number of nitrogens with zero attached hydrogens (tertiary/aromatic N) is 3. The van der Waals surface area contributed by atoms with Gasteiger partial charge in [0.2, 0.25) is 5.13 Å². The van der Waals surface area contributed by atoms with E-state index >= 15 is 0 Å². The van der Waals surface area contributed by atoms with Gasteiger partial charge in [-0.15, -0.1) is 16.4 Å². The predicted molar refractivity (Wildman–Crippen MR) is 66.2 cm³/mol. The van der Waals surface area contributed by atoms with Gasteiger partial charge in [-0.25, -0.2) is 9.67 Å². The average molecular weight is 284 g/mol. The van der Waals surface area contributed by atoms with Gasteiger partial charge in [0.15, 0.2) is 5.82 Å². The molecule has 8 heteroatoms. The molecule has 0 saturated carbocycles. The van der Waals surface area contributed by atoms with E-state index in [1.807, 2.05) is 0 Å². The molecule has 0 amide bonds. The molecule has 0 spiro atoms. The summed E-state index contributed by atoms with van der Waals surface area (Å²) in [6.45, 7) is 0. The van der Waals surface area contributed by atoms with E-state index in [1.54, 1.807) is 11.6 Å². The molecule has 0 saturated heterocycles.